The Kier molecular flexibility index (Phi) is 5.53. The second-order valence-corrected chi connectivity index (χ2v) is 10.6. The van der Waals surface area contributed by atoms with Crippen LogP contribution in [0.15, 0.2) is 23.4 Å². The first-order valence-corrected chi connectivity index (χ1v) is 12.1. The molecule has 2 aliphatic rings. The summed E-state index contributed by atoms with van der Waals surface area (Å²) in [4.78, 5) is 16.7. The lowest BCUT2D eigenvalue weighted by Crippen LogP contribution is -2.21. The van der Waals surface area contributed by atoms with Crippen molar-refractivity contribution in [3.05, 3.63) is 35.3 Å². The fourth-order valence-corrected chi connectivity index (χ4v) is 4.47. The molecule has 2 saturated carbocycles. The molecule has 0 aromatic carbocycles. The van der Waals surface area contributed by atoms with E-state index in [4.69, 9.17) is 0 Å². The molecule has 2 aromatic heterocycles. The van der Waals surface area contributed by atoms with Gasteiger partial charge in [0, 0.05) is 36.2 Å². The summed E-state index contributed by atoms with van der Waals surface area (Å²) >= 11 is 0. The van der Waals surface area contributed by atoms with Crippen LogP contribution < -0.4 is 5.32 Å². The Hall–Kier alpha value is -2.57. The Morgan fingerprint density at radius 1 is 1.24 bits per heavy atom. The molecular formula is C20H21F5N4O3S. The number of hydrogen-bond acceptors (Lipinski definition) is 5. The Bertz CT molecular complexity index is 1200. The van der Waals surface area contributed by atoms with Crippen molar-refractivity contribution in [2.75, 3.05) is 11.6 Å². The average molecular weight is 492 g/mol. The lowest BCUT2D eigenvalue weighted by molar-refractivity contribution is -0.151. The van der Waals surface area contributed by atoms with Crippen LogP contribution in [0.2, 0.25) is 0 Å². The van der Waals surface area contributed by atoms with Crippen LogP contribution in [-0.2, 0) is 22.3 Å². The summed E-state index contributed by atoms with van der Waals surface area (Å²) in [5.74, 6) is -7.54. The van der Waals surface area contributed by atoms with Crippen LogP contribution in [0.3, 0.4) is 0 Å². The van der Waals surface area contributed by atoms with Crippen molar-refractivity contribution in [1.82, 2.24) is 14.8 Å². The number of carbonyl (C=O) groups is 1. The lowest BCUT2D eigenvalue weighted by Gasteiger charge is -2.13. The number of anilines is 1. The van der Waals surface area contributed by atoms with E-state index in [-0.39, 0.29) is 34.9 Å². The third kappa shape index (κ3) is 4.73. The zero-order chi connectivity index (χ0) is 24.3. The molecule has 180 valence electrons. The minimum Gasteiger partial charge on any atom is -0.321 e. The van der Waals surface area contributed by atoms with Crippen LogP contribution in [0, 0.1) is 24.7 Å². The van der Waals surface area contributed by atoms with E-state index in [2.05, 4.69) is 15.4 Å². The average Bonchev–Trinajstić information content (AvgIpc) is 3.58. The first kappa shape index (κ1) is 23.6. The predicted molar refractivity (Wildman–Crippen MR) is 107 cm³/mol. The van der Waals surface area contributed by atoms with E-state index < -0.39 is 51.3 Å². The molecule has 1 amide bonds. The minimum atomic E-state index is -4.41. The quantitative estimate of drug-likeness (QED) is 0.591. The fourth-order valence-electron chi connectivity index (χ4n) is 3.88. The molecule has 33 heavy (non-hydrogen) atoms. The molecule has 2 aromatic rings. The third-order valence-corrected chi connectivity index (χ3v) is 6.92. The molecule has 0 bridgehead atoms. The van der Waals surface area contributed by atoms with Gasteiger partial charge in [-0.3, -0.25) is 9.48 Å². The third-order valence-electron chi connectivity index (χ3n) is 5.93. The van der Waals surface area contributed by atoms with Gasteiger partial charge in [-0.25, -0.2) is 13.4 Å². The number of amides is 1. The molecule has 0 saturated heterocycles. The predicted octanol–water partition coefficient (Wildman–Crippen LogP) is 3.94. The van der Waals surface area contributed by atoms with Gasteiger partial charge in [0.2, 0.25) is 0 Å². The van der Waals surface area contributed by atoms with Crippen molar-refractivity contribution in [2.45, 2.75) is 49.9 Å². The van der Waals surface area contributed by atoms with E-state index in [9.17, 15) is 35.2 Å². The summed E-state index contributed by atoms with van der Waals surface area (Å²) in [6.07, 6.45) is -1.90. The summed E-state index contributed by atoms with van der Waals surface area (Å²) < 4.78 is 92.9. The SMILES string of the molecule is Cc1c(C(F)(F)C2CC2)nn(CC2CC2C(F)(F)F)c1C(=O)Nc1ccnc(S(C)(=O)=O)c1. The standard InChI is InChI=1S/C20H21F5N4O3S/c1-10-16(18(30)27-13-5-6-26-15(8-13)33(2,31)32)29(9-11-7-14(11)20(23,24)25)28-17(10)19(21,22)12-3-4-12/h5-6,8,11-12,14H,3-4,7,9H2,1-2H3,(H,26,27,30). The summed E-state index contributed by atoms with van der Waals surface area (Å²) in [7, 11) is -3.67. The number of halogens is 5. The van der Waals surface area contributed by atoms with Gasteiger partial charge in [0.05, 0.1) is 5.92 Å². The number of pyridine rings is 1. The Labute approximate surface area is 186 Å². The minimum absolute atomic E-state index is 0.0395. The van der Waals surface area contributed by atoms with Crippen molar-refractivity contribution < 1.29 is 35.2 Å². The van der Waals surface area contributed by atoms with Gasteiger partial charge in [0.15, 0.2) is 14.9 Å². The zero-order valence-corrected chi connectivity index (χ0v) is 18.5. The Morgan fingerprint density at radius 2 is 1.91 bits per heavy atom. The first-order chi connectivity index (χ1) is 15.2. The summed E-state index contributed by atoms with van der Waals surface area (Å²) in [6.45, 7) is 0.951. The summed E-state index contributed by atoms with van der Waals surface area (Å²) in [5, 5.41) is 6.01. The normalized spacial score (nSPS) is 21.2. The number of alkyl halides is 5. The van der Waals surface area contributed by atoms with Crippen molar-refractivity contribution >= 4 is 21.4 Å². The van der Waals surface area contributed by atoms with Crippen LogP contribution in [0.25, 0.3) is 0 Å². The van der Waals surface area contributed by atoms with Gasteiger partial charge in [0.1, 0.15) is 11.4 Å². The first-order valence-electron chi connectivity index (χ1n) is 10.2. The van der Waals surface area contributed by atoms with Crippen molar-refractivity contribution in [2.24, 2.45) is 17.8 Å². The van der Waals surface area contributed by atoms with Crippen LogP contribution in [-0.4, -0.2) is 41.5 Å². The van der Waals surface area contributed by atoms with Crippen LogP contribution in [0.1, 0.15) is 41.0 Å². The highest BCUT2D eigenvalue weighted by molar-refractivity contribution is 7.90. The molecule has 0 radical (unpaired) electrons. The van der Waals surface area contributed by atoms with Crippen LogP contribution >= 0.6 is 0 Å². The maximum absolute atomic E-state index is 14.8. The molecule has 4 rings (SSSR count). The van der Waals surface area contributed by atoms with E-state index in [1.807, 2.05) is 0 Å². The van der Waals surface area contributed by atoms with E-state index in [0.717, 1.165) is 23.2 Å². The molecule has 2 unspecified atom stereocenters. The highest BCUT2D eigenvalue weighted by Crippen LogP contribution is 2.52. The highest BCUT2D eigenvalue weighted by Gasteiger charge is 2.56. The topological polar surface area (TPSA) is 93.9 Å². The van der Waals surface area contributed by atoms with Gasteiger partial charge in [-0.2, -0.15) is 27.1 Å². The number of aromatic nitrogens is 3. The Balaban J connectivity index is 1.67. The van der Waals surface area contributed by atoms with Crippen LogP contribution in [0.5, 0.6) is 0 Å². The number of carbonyl (C=O) groups excluding carboxylic acids is 1. The molecule has 2 heterocycles. The number of hydrogen-bond donors (Lipinski definition) is 1. The molecule has 0 spiro atoms. The van der Waals surface area contributed by atoms with Crippen molar-refractivity contribution in [3.8, 4) is 0 Å². The second kappa shape index (κ2) is 7.74. The van der Waals surface area contributed by atoms with Crippen molar-refractivity contribution in [1.29, 1.82) is 0 Å². The van der Waals surface area contributed by atoms with E-state index >= 15 is 0 Å². The van der Waals surface area contributed by atoms with Gasteiger partial charge >= 0.3 is 6.18 Å². The van der Waals surface area contributed by atoms with Gasteiger partial charge < -0.3 is 5.32 Å². The fraction of sp³-hybridized carbons (Fsp3) is 0.550. The van der Waals surface area contributed by atoms with Crippen LogP contribution in [0.4, 0.5) is 27.6 Å². The van der Waals surface area contributed by atoms with E-state index in [1.165, 1.54) is 13.0 Å². The second-order valence-electron chi connectivity index (χ2n) is 8.65. The molecule has 13 heteroatoms. The molecule has 0 aliphatic heterocycles. The molecule has 7 nitrogen and oxygen atoms in total. The van der Waals surface area contributed by atoms with Gasteiger partial charge in [-0.15, -0.1) is 0 Å². The number of nitrogens with zero attached hydrogens (tertiary/aromatic N) is 3. The summed E-state index contributed by atoms with van der Waals surface area (Å²) in [6, 6.07) is 2.41. The summed E-state index contributed by atoms with van der Waals surface area (Å²) in [5.41, 5.74) is -0.981. The lowest BCUT2D eigenvalue weighted by atomic mass is 10.1. The Morgan fingerprint density at radius 3 is 2.45 bits per heavy atom. The number of sulfone groups is 1. The van der Waals surface area contributed by atoms with E-state index in [1.54, 1.807) is 0 Å². The molecular weight excluding hydrogens is 471 g/mol. The zero-order valence-electron chi connectivity index (χ0n) is 17.7. The molecule has 2 fully saturated rings. The van der Waals surface area contributed by atoms with Crippen molar-refractivity contribution in [3.63, 3.8) is 0 Å². The molecule has 2 atom stereocenters. The smallest absolute Gasteiger partial charge is 0.321 e. The maximum Gasteiger partial charge on any atom is 0.392 e. The monoisotopic (exact) mass is 492 g/mol. The highest BCUT2D eigenvalue weighted by atomic mass is 32.2. The molecule has 2 aliphatic carbocycles. The van der Waals surface area contributed by atoms with E-state index in [0.29, 0.717) is 12.8 Å². The van der Waals surface area contributed by atoms with Gasteiger partial charge in [-0.05, 0) is 44.2 Å². The number of rotatable bonds is 7. The van der Waals surface area contributed by atoms with Gasteiger partial charge in [0.25, 0.3) is 11.8 Å². The van der Waals surface area contributed by atoms with Gasteiger partial charge in [-0.1, -0.05) is 0 Å². The number of nitrogens with one attached hydrogen (secondary N) is 1. The molecule has 1 N–H and O–H groups in total. The maximum atomic E-state index is 14.8. The largest absolute Gasteiger partial charge is 0.392 e.